The first-order valence-corrected chi connectivity index (χ1v) is 8.70. The molecule has 1 aliphatic rings. The summed E-state index contributed by atoms with van der Waals surface area (Å²) in [5.74, 6) is 0. The van der Waals surface area contributed by atoms with E-state index in [0.29, 0.717) is 6.54 Å². The summed E-state index contributed by atoms with van der Waals surface area (Å²) >= 11 is 0. The number of aliphatic hydroxyl groups is 1. The van der Waals surface area contributed by atoms with Crippen molar-refractivity contribution >= 4 is 10.2 Å². The van der Waals surface area contributed by atoms with Crippen molar-refractivity contribution in [3.05, 3.63) is 0 Å². The van der Waals surface area contributed by atoms with Crippen LogP contribution in [0.25, 0.3) is 0 Å². The standard InChI is InChI=1S/C13H28N2O3S/c1-14(11-7-4-8-12-16)19(17,18)15(2)13-9-5-3-6-10-13/h13,16H,3-12H2,1-2H3. The Morgan fingerprint density at radius 3 is 2.26 bits per heavy atom. The van der Waals surface area contributed by atoms with Gasteiger partial charge in [-0.05, 0) is 32.1 Å². The molecule has 1 N–H and O–H groups in total. The predicted molar refractivity (Wildman–Crippen MR) is 77.1 cm³/mol. The molecule has 0 aliphatic heterocycles. The van der Waals surface area contributed by atoms with Crippen molar-refractivity contribution < 1.29 is 13.5 Å². The molecule has 0 aromatic rings. The zero-order chi connectivity index (χ0) is 14.3. The maximum atomic E-state index is 12.4. The van der Waals surface area contributed by atoms with Gasteiger partial charge in [0.15, 0.2) is 0 Å². The SMILES string of the molecule is CN(CCCCCO)S(=O)(=O)N(C)C1CCCCC1. The van der Waals surface area contributed by atoms with Crippen LogP contribution in [-0.2, 0) is 10.2 Å². The van der Waals surface area contributed by atoms with Gasteiger partial charge < -0.3 is 5.11 Å². The highest BCUT2D eigenvalue weighted by Gasteiger charge is 2.30. The Kier molecular flexibility index (Phi) is 7.28. The summed E-state index contributed by atoms with van der Waals surface area (Å²) in [4.78, 5) is 0. The van der Waals surface area contributed by atoms with Crippen LogP contribution in [0.1, 0.15) is 51.4 Å². The molecular weight excluding hydrogens is 264 g/mol. The number of hydrogen-bond acceptors (Lipinski definition) is 3. The third-order valence-electron chi connectivity index (χ3n) is 3.98. The van der Waals surface area contributed by atoms with Gasteiger partial charge >= 0.3 is 0 Å². The second-order valence-corrected chi connectivity index (χ2v) is 7.52. The molecule has 1 aliphatic carbocycles. The second kappa shape index (κ2) is 8.19. The maximum Gasteiger partial charge on any atom is 0.281 e. The first-order chi connectivity index (χ1) is 9.00. The fraction of sp³-hybridized carbons (Fsp3) is 1.00. The Labute approximate surface area is 117 Å². The van der Waals surface area contributed by atoms with Gasteiger partial charge in [-0.1, -0.05) is 19.3 Å². The van der Waals surface area contributed by atoms with Crippen molar-refractivity contribution in [3.8, 4) is 0 Å². The van der Waals surface area contributed by atoms with Crippen LogP contribution in [0.3, 0.4) is 0 Å². The summed E-state index contributed by atoms with van der Waals surface area (Å²) < 4.78 is 27.8. The molecule has 0 aromatic carbocycles. The fourth-order valence-corrected chi connectivity index (χ4v) is 3.98. The van der Waals surface area contributed by atoms with E-state index in [9.17, 15) is 8.42 Å². The van der Waals surface area contributed by atoms with Crippen molar-refractivity contribution in [2.75, 3.05) is 27.2 Å². The summed E-state index contributed by atoms with van der Waals surface area (Å²) in [6, 6.07) is 0.165. The van der Waals surface area contributed by atoms with E-state index >= 15 is 0 Å². The largest absolute Gasteiger partial charge is 0.396 e. The van der Waals surface area contributed by atoms with E-state index in [1.165, 1.54) is 10.7 Å². The zero-order valence-corrected chi connectivity index (χ0v) is 13.0. The first kappa shape index (κ1) is 16.9. The third-order valence-corrected chi connectivity index (χ3v) is 5.97. The first-order valence-electron chi connectivity index (χ1n) is 7.30. The summed E-state index contributed by atoms with van der Waals surface area (Å²) in [5, 5.41) is 8.71. The van der Waals surface area contributed by atoms with Crippen LogP contribution < -0.4 is 0 Å². The molecule has 5 nitrogen and oxygen atoms in total. The van der Waals surface area contributed by atoms with Crippen molar-refractivity contribution in [2.24, 2.45) is 0 Å². The minimum Gasteiger partial charge on any atom is -0.396 e. The van der Waals surface area contributed by atoms with Crippen LogP contribution in [0.4, 0.5) is 0 Å². The summed E-state index contributed by atoms with van der Waals surface area (Å²) in [5.41, 5.74) is 0. The van der Waals surface area contributed by atoms with Gasteiger partial charge in [0.25, 0.3) is 10.2 Å². The average Bonchev–Trinajstić information content (AvgIpc) is 2.43. The monoisotopic (exact) mass is 292 g/mol. The molecule has 0 aromatic heterocycles. The lowest BCUT2D eigenvalue weighted by atomic mass is 9.96. The van der Waals surface area contributed by atoms with Gasteiger partial charge in [-0.2, -0.15) is 17.0 Å². The molecule has 0 unspecified atom stereocenters. The normalized spacial score (nSPS) is 18.4. The molecular formula is C13H28N2O3S. The molecule has 0 heterocycles. The topological polar surface area (TPSA) is 60.9 Å². The molecule has 0 bridgehead atoms. The minimum absolute atomic E-state index is 0.165. The highest BCUT2D eigenvalue weighted by atomic mass is 32.2. The molecule has 1 fully saturated rings. The lowest BCUT2D eigenvalue weighted by molar-refractivity contribution is 0.265. The molecule has 1 rings (SSSR count). The Balaban J connectivity index is 2.47. The van der Waals surface area contributed by atoms with Crippen molar-refractivity contribution in [1.82, 2.24) is 8.61 Å². The molecule has 1 saturated carbocycles. The van der Waals surface area contributed by atoms with E-state index in [1.54, 1.807) is 18.4 Å². The Bertz CT molecular complexity index is 340. The van der Waals surface area contributed by atoms with Crippen LogP contribution in [0.15, 0.2) is 0 Å². The Morgan fingerprint density at radius 1 is 1.05 bits per heavy atom. The number of rotatable bonds is 8. The molecule has 6 heteroatoms. The van der Waals surface area contributed by atoms with Crippen LogP contribution in [-0.4, -0.2) is 55.4 Å². The number of unbranched alkanes of at least 4 members (excludes halogenated alkanes) is 2. The summed E-state index contributed by atoms with van der Waals surface area (Å²) in [6.45, 7) is 0.706. The third kappa shape index (κ3) is 5.02. The van der Waals surface area contributed by atoms with E-state index in [-0.39, 0.29) is 12.6 Å². The second-order valence-electron chi connectivity index (χ2n) is 5.42. The molecule has 19 heavy (non-hydrogen) atoms. The smallest absolute Gasteiger partial charge is 0.281 e. The molecule has 0 atom stereocenters. The lowest BCUT2D eigenvalue weighted by Gasteiger charge is -2.33. The van der Waals surface area contributed by atoms with Gasteiger partial charge in [0.1, 0.15) is 0 Å². The van der Waals surface area contributed by atoms with Crippen LogP contribution in [0.2, 0.25) is 0 Å². The van der Waals surface area contributed by atoms with Gasteiger partial charge in [-0.3, -0.25) is 0 Å². The maximum absolute atomic E-state index is 12.4. The zero-order valence-electron chi connectivity index (χ0n) is 12.2. The van der Waals surface area contributed by atoms with E-state index in [4.69, 9.17) is 5.11 Å². The van der Waals surface area contributed by atoms with E-state index < -0.39 is 10.2 Å². The average molecular weight is 292 g/mol. The van der Waals surface area contributed by atoms with Crippen LogP contribution in [0.5, 0.6) is 0 Å². The van der Waals surface area contributed by atoms with Crippen molar-refractivity contribution in [1.29, 1.82) is 0 Å². The van der Waals surface area contributed by atoms with E-state index in [2.05, 4.69) is 0 Å². The van der Waals surface area contributed by atoms with Crippen molar-refractivity contribution in [3.63, 3.8) is 0 Å². The molecule has 0 amide bonds. The number of hydrogen-bond donors (Lipinski definition) is 1. The number of nitrogens with zero attached hydrogens (tertiary/aromatic N) is 2. The van der Waals surface area contributed by atoms with Crippen molar-refractivity contribution in [2.45, 2.75) is 57.4 Å². The highest BCUT2D eigenvalue weighted by molar-refractivity contribution is 7.86. The molecule has 0 spiro atoms. The van der Waals surface area contributed by atoms with Gasteiger partial charge in [0.05, 0.1) is 0 Å². The van der Waals surface area contributed by atoms with Gasteiger partial charge in [0, 0.05) is 33.3 Å². The lowest BCUT2D eigenvalue weighted by Crippen LogP contribution is -2.45. The number of aliphatic hydroxyl groups excluding tert-OH is 1. The highest BCUT2D eigenvalue weighted by Crippen LogP contribution is 2.24. The van der Waals surface area contributed by atoms with E-state index in [0.717, 1.165) is 44.9 Å². The quantitative estimate of drug-likeness (QED) is 0.691. The van der Waals surface area contributed by atoms with E-state index in [1.807, 2.05) is 0 Å². The summed E-state index contributed by atoms with van der Waals surface area (Å²) in [7, 11) is 0.0287. The fourth-order valence-electron chi connectivity index (χ4n) is 2.59. The Hall–Kier alpha value is -0.170. The molecule has 0 radical (unpaired) electrons. The van der Waals surface area contributed by atoms with Gasteiger partial charge in [-0.25, -0.2) is 0 Å². The molecule has 114 valence electrons. The summed E-state index contributed by atoms with van der Waals surface area (Å²) in [6.07, 6.45) is 7.85. The Morgan fingerprint density at radius 2 is 1.68 bits per heavy atom. The van der Waals surface area contributed by atoms with Gasteiger partial charge in [0.2, 0.25) is 0 Å². The van der Waals surface area contributed by atoms with Crippen LogP contribution >= 0.6 is 0 Å². The minimum atomic E-state index is -3.32. The molecule has 0 saturated heterocycles. The van der Waals surface area contributed by atoms with Crippen LogP contribution in [0, 0.1) is 0 Å². The predicted octanol–water partition coefficient (Wildman–Crippen LogP) is 1.59. The van der Waals surface area contributed by atoms with Gasteiger partial charge in [-0.15, -0.1) is 0 Å².